The molecule has 0 unspecified atom stereocenters. The van der Waals surface area contributed by atoms with Gasteiger partial charge in [-0.15, -0.1) is 0 Å². The number of amides is 4. The minimum atomic E-state index is -1.26. The van der Waals surface area contributed by atoms with Crippen molar-refractivity contribution in [1.82, 2.24) is 31.0 Å². The van der Waals surface area contributed by atoms with Gasteiger partial charge >= 0.3 is 5.97 Å². The molecule has 1 heterocycles. The van der Waals surface area contributed by atoms with Crippen LogP contribution in [0.5, 0.6) is 0 Å². The fourth-order valence-electron chi connectivity index (χ4n) is 5.18. The highest BCUT2D eigenvalue weighted by Gasteiger charge is 2.30. The Kier molecular flexibility index (Phi) is 15.8. The van der Waals surface area contributed by atoms with Gasteiger partial charge in [0.05, 0.1) is 22.4 Å². The Labute approximate surface area is 311 Å². The molecule has 3 aromatic rings. The Morgan fingerprint density at radius 3 is 2.24 bits per heavy atom. The summed E-state index contributed by atoms with van der Waals surface area (Å²) in [5.74, 6) is -3.56. The van der Waals surface area contributed by atoms with Crippen LogP contribution in [0.2, 0.25) is 5.02 Å². The maximum atomic E-state index is 13.6. The molecule has 0 aliphatic heterocycles. The van der Waals surface area contributed by atoms with Crippen molar-refractivity contribution in [3.63, 3.8) is 0 Å². The van der Waals surface area contributed by atoms with Crippen molar-refractivity contribution >= 4 is 69.8 Å². The van der Waals surface area contributed by atoms with Gasteiger partial charge in [-0.1, -0.05) is 55.8 Å². The molecule has 4 amide bonds. The predicted molar refractivity (Wildman–Crippen MR) is 198 cm³/mol. The molecule has 0 bridgehead atoms. The maximum Gasteiger partial charge on any atom is 0.303 e. The number of carbonyl (C=O) groups excluding carboxylic acids is 4. The molecule has 0 aliphatic carbocycles. The van der Waals surface area contributed by atoms with Crippen LogP contribution >= 0.6 is 40.2 Å². The van der Waals surface area contributed by atoms with Crippen LogP contribution in [0.1, 0.15) is 66.0 Å². The highest BCUT2D eigenvalue weighted by molar-refractivity contribution is 9.10. The van der Waals surface area contributed by atoms with E-state index in [9.17, 15) is 29.1 Å². The Hall–Kier alpha value is -3.88. The average molecular weight is 792 g/mol. The van der Waals surface area contributed by atoms with Crippen LogP contribution in [0.25, 0.3) is 0 Å². The number of benzene rings is 2. The molecule has 0 aliphatic rings. The van der Waals surface area contributed by atoms with Crippen molar-refractivity contribution in [2.24, 2.45) is 5.92 Å². The summed E-state index contributed by atoms with van der Waals surface area (Å²) in [6, 6.07) is 10.8. The van der Waals surface area contributed by atoms with Gasteiger partial charge in [0.15, 0.2) is 0 Å². The van der Waals surface area contributed by atoms with Gasteiger partial charge in [-0.3, -0.25) is 28.7 Å². The van der Waals surface area contributed by atoms with E-state index in [4.69, 9.17) is 11.6 Å². The number of hydrogen-bond donors (Lipinski definition) is 6. The third-order valence-corrected chi connectivity index (χ3v) is 9.77. The van der Waals surface area contributed by atoms with E-state index in [2.05, 4.69) is 54.9 Å². The molecule has 3 rings (SSSR count). The van der Waals surface area contributed by atoms with Crippen molar-refractivity contribution in [2.45, 2.75) is 78.0 Å². The monoisotopic (exact) mass is 790 g/mol. The zero-order chi connectivity index (χ0) is 37.0. The molecule has 2 aromatic carbocycles. The first-order chi connectivity index (χ1) is 23.7. The van der Waals surface area contributed by atoms with Crippen LogP contribution in [-0.2, 0) is 32.1 Å². The summed E-state index contributed by atoms with van der Waals surface area (Å²) < 4.78 is 2.71. The molecule has 15 heteroatoms. The number of thiol groups is 1. The summed E-state index contributed by atoms with van der Waals surface area (Å²) in [6.45, 7) is 8.23. The quantitative estimate of drug-likeness (QED) is 0.105. The summed E-state index contributed by atoms with van der Waals surface area (Å²) in [4.78, 5) is 64.8. The second-order valence-electron chi connectivity index (χ2n) is 12.4. The van der Waals surface area contributed by atoms with Crippen LogP contribution < -0.4 is 21.3 Å². The average Bonchev–Trinajstić information content (AvgIpc) is 3.31. The van der Waals surface area contributed by atoms with E-state index < -0.39 is 54.1 Å². The van der Waals surface area contributed by atoms with E-state index in [1.165, 1.54) is 0 Å². The number of nitrogens with one attached hydrogen (secondary N) is 4. The molecule has 0 saturated carbocycles. The number of aliphatic carboxylic acids is 1. The van der Waals surface area contributed by atoms with Crippen molar-refractivity contribution < 1.29 is 29.1 Å². The van der Waals surface area contributed by atoms with Crippen LogP contribution in [0, 0.1) is 19.8 Å². The second-order valence-corrected chi connectivity index (χ2v) is 13.9. The molecule has 0 saturated heterocycles. The molecule has 1 aromatic heterocycles. The van der Waals surface area contributed by atoms with E-state index in [1.54, 1.807) is 24.3 Å². The predicted octanol–water partition coefficient (Wildman–Crippen LogP) is 4.23. The van der Waals surface area contributed by atoms with Crippen molar-refractivity contribution in [3.05, 3.63) is 86.1 Å². The Balaban J connectivity index is 1.69. The number of hydrogen-bond acceptors (Lipinski definition) is 7. The summed E-state index contributed by atoms with van der Waals surface area (Å²) in [5.41, 5.74) is 3.69. The number of aromatic nitrogens is 2. The third kappa shape index (κ3) is 12.2. The minimum Gasteiger partial charge on any atom is -0.481 e. The number of rotatable bonds is 18. The number of carboxylic acid groups (broad SMARTS) is 1. The minimum absolute atomic E-state index is 0.000778. The summed E-state index contributed by atoms with van der Waals surface area (Å²) >= 11 is 14.0. The number of nitrogens with zero attached hydrogens (tertiary/aromatic N) is 2. The van der Waals surface area contributed by atoms with Gasteiger partial charge in [-0.25, -0.2) is 0 Å². The van der Waals surface area contributed by atoms with Gasteiger partial charge in [0.2, 0.25) is 17.7 Å². The molecular formula is C35H44BrClN6O6S. The molecule has 50 heavy (non-hydrogen) atoms. The largest absolute Gasteiger partial charge is 0.481 e. The zero-order valence-electron chi connectivity index (χ0n) is 28.5. The fraction of sp³-hybridized carbons (Fsp3) is 0.429. The Morgan fingerprint density at radius 1 is 0.940 bits per heavy atom. The first-order valence-corrected chi connectivity index (χ1v) is 18.0. The van der Waals surface area contributed by atoms with E-state index in [0.29, 0.717) is 18.0 Å². The van der Waals surface area contributed by atoms with Crippen LogP contribution in [0.4, 0.5) is 0 Å². The second kappa shape index (κ2) is 19.5. The zero-order valence-corrected chi connectivity index (χ0v) is 31.7. The SMILES string of the molecule is Cc1nn(Cc2cccc(C(=O)N[C@@H](CCC(=O)O)C(=O)N[C@@H](CC(C)C)C(=O)N[C@@H](CS)C(=O)NCCc3ccccc3Cl)c2)c(C)c1Br. The normalized spacial score (nSPS) is 12.9. The molecule has 0 spiro atoms. The highest BCUT2D eigenvalue weighted by Crippen LogP contribution is 2.21. The summed E-state index contributed by atoms with van der Waals surface area (Å²) in [7, 11) is 0. The number of aryl methyl sites for hydroxylation is 1. The highest BCUT2D eigenvalue weighted by atomic mass is 79.9. The van der Waals surface area contributed by atoms with Gasteiger partial charge in [0.1, 0.15) is 18.1 Å². The van der Waals surface area contributed by atoms with Crippen LogP contribution in [0.15, 0.2) is 53.0 Å². The van der Waals surface area contributed by atoms with Gasteiger partial charge in [-0.05, 0) is 84.3 Å². The smallest absolute Gasteiger partial charge is 0.303 e. The van der Waals surface area contributed by atoms with Gasteiger partial charge in [0, 0.05) is 29.3 Å². The maximum absolute atomic E-state index is 13.6. The molecule has 270 valence electrons. The van der Waals surface area contributed by atoms with Crippen LogP contribution in [-0.4, -0.2) is 74.9 Å². The first kappa shape index (κ1) is 40.5. The molecular weight excluding hydrogens is 748 g/mol. The molecule has 12 nitrogen and oxygen atoms in total. The Bertz CT molecular complexity index is 1680. The lowest BCUT2D eigenvalue weighted by Gasteiger charge is -2.26. The van der Waals surface area contributed by atoms with E-state index in [-0.39, 0.29) is 36.6 Å². The summed E-state index contributed by atoms with van der Waals surface area (Å²) in [5, 5.41) is 25.2. The van der Waals surface area contributed by atoms with Gasteiger partial charge in [-0.2, -0.15) is 17.7 Å². The third-order valence-electron chi connectivity index (χ3n) is 7.89. The first-order valence-electron chi connectivity index (χ1n) is 16.2. The summed E-state index contributed by atoms with van der Waals surface area (Å²) in [6.07, 6.45) is 0.0903. The molecule has 3 atom stereocenters. The van der Waals surface area contributed by atoms with Crippen molar-refractivity contribution in [1.29, 1.82) is 0 Å². The standard InChI is InChI=1S/C35H44BrClN6O6S/c1-20(2)16-28(35(49)41-29(19-50)33(47)38-15-14-24-9-5-6-11-26(24)37)40-34(48)27(12-13-30(44)45)39-32(46)25-10-7-8-23(17-25)18-43-22(4)31(36)21(3)42-43/h5-11,17,20,27-29,50H,12-16,18-19H2,1-4H3,(H,38,47)(H,39,46)(H,40,48)(H,41,49)(H,44,45)/t27-,28-,29-/m0/s1. The topological polar surface area (TPSA) is 172 Å². The van der Waals surface area contributed by atoms with Crippen molar-refractivity contribution in [2.75, 3.05) is 12.3 Å². The van der Waals surface area contributed by atoms with Gasteiger partial charge < -0.3 is 26.4 Å². The molecule has 5 N–H and O–H groups in total. The van der Waals surface area contributed by atoms with E-state index in [1.807, 2.05) is 56.6 Å². The number of carboxylic acids is 1. The van der Waals surface area contributed by atoms with E-state index >= 15 is 0 Å². The van der Waals surface area contributed by atoms with Gasteiger partial charge in [0.25, 0.3) is 5.91 Å². The lowest BCUT2D eigenvalue weighted by Crippen LogP contribution is -2.57. The molecule has 0 fully saturated rings. The Morgan fingerprint density at radius 2 is 1.62 bits per heavy atom. The van der Waals surface area contributed by atoms with Crippen LogP contribution in [0.3, 0.4) is 0 Å². The lowest BCUT2D eigenvalue weighted by atomic mass is 10.0. The lowest BCUT2D eigenvalue weighted by molar-refractivity contribution is -0.137. The number of halogens is 2. The van der Waals surface area contributed by atoms with Crippen molar-refractivity contribution in [3.8, 4) is 0 Å². The molecule has 0 radical (unpaired) electrons. The van der Waals surface area contributed by atoms with E-state index in [0.717, 1.165) is 27.0 Å². The number of carbonyl (C=O) groups is 5. The fourth-order valence-corrected chi connectivity index (χ4v) is 5.95.